The van der Waals surface area contributed by atoms with Gasteiger partial charge in [0.1, 0.15) is 11.5 Å². The monoisotopic (exact) mass is 334 g/mol. The molecule has 3 aromatic rings. The average molecular weight is 334 g/mol. The first-order chi connectivity index (χ1) is 12.2. The van der Waals surface area contributed by atoms with Crippen LogP contribution in [0.3, 0.4) is 0 Å². The fourth-order valence-electron chi connectivity index (χ4n) is 2.55. The number of carbonyl (C=O) groups excluding carboxylic acids is 1. The highest BCUT2D eigenvalue weighted by Crippen LogP contribution is 2.27. The van der Waals surface area contributed by atoms with Gasteiger partial charge in [0.05, 0.1) is 20.4 Å². The molecule has 3 rings (SSSR count). The highest BCUT2D eigenvalue weighted by atomic mass is 16.5. The summed E-state index contributed by atoms with van der Waals surface area (Å²) in [5.41, 5.74) is 3.94. The Morgan fingerprint density at radius 3 is 2.32 bits per heavy atom. The number of benzene rings is 3. The van der Waals surface area contributed by atoms with Crippen LogP contribution in [0.4, 0.5) is 0 Å². The van der Waals surface area contributed by atoms with E-state index in [0.717, 1.165) is 22.1 Å². The number of hydrogen-bond acceptors (Lipinski definition) is 4. The van der Waals surface area contributed by atoms with E-state index in [0.29, 0.717) is 11.3 Å². The summed E-state index contributed by atoms with van der Waals surface area (Å²) >= 11 is 0. The fraction of sp³-hybridized carbons (Fsp3) is 0.100. The summed E-state index contributed by atoms with van der Waals surface area (Å²) < 4.78 is 10.5. The first kappa shape index (κ1) is 16.5. The maximum absolute atomic E-state index is 12.1. The third kappa shape index (κ3) is 3.61. The molecule has 0 unspecified atom stereocenters. The van der Waals surface area contributed by atoms with E-state index in [4.69, 9.17) is 9.47 Å². The van der Waals surface area contributed by atoms with Gasteiger partial charge in [0.2, 0.25) is 0 Å². The molecule has 0 atom stereocenters. The minimum Gasteiger partial charge on any atom is -0.497 e. The van der Waals surface area contributed by atoms with Crippen LogP contribution in [0.2, 0.25) is 0 Å². The second-order valence-corrected chi connectivity index (χ2v) is 5.33. The Morgan fingerprint density at radius 2 is 1.64 bits per heavy atom. The number of hydrogen-bond donors (Lipinski definition) is 1. The topological polar surface area (TPSA) is 59.9 Å². The Balaban J connectivity index is 1.78. The van der Waals surface area contributed by atoms with Crippen LogP contribution in [0.1, 0.15) is 15.9 Å². The van der Waals surface area contributed by atoms with Gasteiger partial charge in [-0.15, -0.1) is 0 Å². The molecule has 0 aliphatic rings. The molecule has 0 radical (unpaired) electrons. The summed E-state index contributed by atoms with van der Waals surface area (Å²) in [4.78, 5) is 12.1. The highest BCUT2D eigenvalue weighted by Gasteiger charge is 2.06. The molecule has 3 aromatic carbocycles. The molecule has 0 heterocycles. The Labute approximate surface area is 145 Å². The molecule has 25 heavy (non-hydrogen) atoms. The predicted octanol–water partition coefficient (Wildman–Crippen LogP) is 3.62. The van der Waals surface area contributed by atoms with Gasteiger partial charge in [-0.1, -0.05) is 24.3 Å². The van der Waals surface area contributed by atoms with Gasteiger partial charge in [-0.05, 0) is 41.8 Å². The smallest absolute Gasteiger partial charge is 0.271 e. The molecule has 0 bridgehead atoms. The summed E-state index contributed by atoms with van der Waals surface area (Å²) in [5.74, 6) is 1.22. The molecule has 0 fully saturated rings. The lowest BCUT2D eigenvalue weighted by Gasteiger charge is -2.07. The third-order valence-corrected chi connectivity index (χ3v) is 3.86. The minimum absolute atomic E-state index is 0.281. The third-order valence-electron chi connectivity index (χ3n) is 3.86. The Kier molecular flexibility index (Phi) is 4.95. The van der Waals surface area contributed by atoms with Crippen LogP contribution in [0.25, 0.3) is 10.8 Å². The molecule has 1 N–H and O–H groups in total. The summed E-state index contributed by atoms with van der Waals surface area (Å²) in [6.07, 6.45) is 1.63. The molecule has 0 aliphatic carbocycles. The van der Waals surface area contributed by atoms with Gasteiger partial charge >= 0.3 is 0 Å². The number of fused-ring (bicyclic) bond motifs is 1. The van der Waals surface area contributed by atoms with Crippen molar-refractivity contribution in [2.75, 3.05) is 14.2 Å². The van der Waals surface area contributed by atoms with Crippen LogP contribution in [-0.2, 0) is 0 Å². The van der Waals surface area contributed by atoms with Crippen molar-refractivity contribution in [1.29, 1.82) is 0 Å². The van der Waals surface area contributed by atoms with Crippen LogP contribution < -0.4 is 14.9 Å². The molecule has 5 nitrogen and oxygen atoms in total. The van der Waals surface area contributed by atoms with Crippen molar-refractivity contribution in [2.24, 2.45) is 5.10 Å². The minimum atomic E-state index is -0.281. The van der Waals surface area contributed by atoms with Gasteiger partial charge in [-0.3, -0.25) is 4.79 Å². The lowest BCUT2D eigenvalue weighted by atomic mass is 10.0. The lowest BCUT2D eigenvalue weighted by Crippen LogP contribution is -2.17. The molecule has 0 aromatic heterocycles. The zero-order valence-corrected chi connectivity index (χ0v) is 14.0. The fourth-order valence-corrected chi connectivity index (χ4v) is 2.55. The highest BCUT2D eigenvalue weighted by molar-refractivity contribution is 6.03. The molecule has 0 saturated heterocycles. The van der Waals surface area contributed by atoms with Crippen molar-refractivity contribution in [1.82, 2.24) is 5.43 Å². The largest absolute Gasteiger partial charge is 0.497 e. The van der Waals surface area contributed by atoms with E-state index in [1.807, 2.05) is 36.4 Å². The summed E-state index contributed by atoms with van der Waals surface area (Å²) in [5, 5.41) is 6.07. The van der Waals surface area contributed by atoms with Gasteiger partial charge in [-0.2, -0.15) is 5.10 Å². The van der Waals surface area contributed by atoms with Crippen molar-refractivity contribution >= 4 is 22.9 Å². The molecule has 1 amide bonds. The van der Waals surface area contributed by atoms with Gasteiger partial charge in [0.15, 0.2) is 0 Å². The summed E-state index contributed by atoms with van der Waals surface area (Å²) in [7, 11) is 3.23. The number of ether oxygens (including phenoxy) is 2. The van der Waals surface area contributed by atoms with Crippen LogP contribution in [-0.4, -0.2) is 26.3 Å². The van der Waals surface area contributed by atoms with E-state index in [1.165, 1.54) is 0 Å². The molecular weight excluding hydrogens is 316 g/mol. The number of hydrazone groups is 1. The van der Waals surface area contributed by atoms with Crippen molar-refractivity contribution < 1.29 is 14.3 Å². The quantitative estimate of drug-likeness (QED) is 0.573. The zero-order chi connectivity index (χ0) is 17.6. The Bertz CT molecular complexity index is 918. The molecule has 126 valence electrons. The Hall–Kier alpha value is -3.34. The number of carbonyl (C=O) groups is 1. The first-order valence-corrected chi connectivity index (χ1v) is 7.76. The molecular formula is C20H18N2O3. The SMILES string of the molecule is COc1ccc(C(=O)N/N=C\c2ccc(OC)c3ccccc23)cc1. The van der Waals surface area contributed by atoms with E-state index < -0.39 is 0 Å². The number of methoxy groups -OCH3 is 2. The van der Waals surface area contributed by atoms with Gasteiger partial charge in [0.25, 0.3) is 5.91 Å². The van der Waals surface area contributed by atoms with Crippen LogP contribution in [0.15, 0.2) is 65.8 Å². The maximum Gasteiger partial charge on any atom is 0.271 e. The van der Waals surface area contributed by atoms with Gasteiger partial charge in [0, 0.05) is 16.5 Å². The second kappa shape index (κ2) is 7.49. The average Bonchev–Trinajstić information content (AvgIpc) is 2.68. The van der Waals surface area contributed by atoms with Crippen molar-refractivity contribution in [3.63, 3.8) is 0 Å². The first-order valence-electron chi connectivity index (χ1n) is 7.76. The summed E-state index contributed by atoms with van der Waals surface area (Å²) in [6.45, 7) is 0. The van der Waals surface area contributed by atoms with E-state index in [9.17, 15) is 4.79 Å². The number of nitrogens with zero attached hydrogens (tertiary/aromatic N) is 1. The second-order valence-electron chi connectivity index (χ2n) is 5.33. The van der Waals surface area contributed by atoms with Crippen LogP contribution in [0.5, 0.6) is 11.5 Å². The molecule has 0 spiro atoms. The normalized spacial score (nSPS) is 10.8. The molecule has 0 aliphatic heterocycles. The van der Waals surface area contributed by atoms with Crippen molar-refractivity contribution in [3.05, 3.63) is 71.8 Å². The maximum atomic E-state index is 12.1. The van der Waals surface area contributed by atoms with E-state index in [2.05, 4.69) is 10.5 Å². The molecule has 5 heteroatoms. The van der Waals surface area contributed by atoms with Gasteiger partial charge in [-0.25, -0.2) is 5.43 Å². The zero-order valence-electron chi connectivity index (χ0n) is 14.0. The molecule has 0 saturated carbocycles. The Morgan fingerprint density at radius 1 is 0.920 bits per heavy atom. The van der Waals surface area contributed by atoms with Crippen LogP contribution in [0, 0.1) is 0 Å². The van der Waals surface area contributed by atoms with Crippen molar-refractivity contribution in [3.8, 4) is 11.5 Å². The number of amides is 1. The number of nitrogens with one attached hydrogen (secondary N) is 1. The lowest BCUT2D eigenvalue weighted by molar-refractivity contribution is 0.0955. The van der Waals surface area contributed by atoms with Crippen LogP contribution >= 0.6 is 0 Å². The van der Waals surface area contributed by atoms with E-state index in [1.54, 1.807) is 44.7 Å². The van der Waals surface area contributed by atoms with Gasteiger partial charge < -0.3 is 9.47 Å². The predicted molar refractivity (Wildman–Crippen MR) is 98.6 cm³/mol. The van der Waals surface area contributed by atoms with Crippen molar-refractivity contribution in [2.45, 2.75) is 0 Å². The summed E-state index contributed by atoms with van der Waals surface area (Å²) in [6, 6.07) is 18.5. The van der Waals surface area contributed by atoms with E-state index >= 15 is 0 Å². The standard InChI is InChI=1S/C20H18N2O3/c1-24-16-10-7-14(8-11-16)20(23)22-21-13-15-9-12-19(25-2)18-6-4-3-5-17(15)18/h3-13H,1-2H3,(H,22,23)/b21-13-. The van der Waals surface area contributed by atoms with E-state index in [-0.39, 0.29) is 5.91 Å². The number of rotatable bonds is 5.